The van der Waals surface area contributed by atoms with Gasteiger partial charge in [-0.05, 0) is 45.8 Å². The highest BCUT2D eigenvalue weighted by molar-refractivity contribution is 7.26. The van der Waals surface area contributed by atoms with Crippen molar-refractivity contribution < 1.29 is 0 Å². The molecule has 1 aliphatic carbocycles. The highest BCUT2D eigenvalue weighted by atomic mass is 32.1. The average Bonchev–Trinajstić information content (AvgIpc) is 3.45. The Hall–Kier alpha value is -3.62. The number of thiophene rings is 1. The van der Waals surface area contributed by atoms with Crippen LogP contribution >= 0.6 is 11.3 Å². The summed E-state index contributed by atoms with van der Waals surface area (Å²) in [5, 5.41) is 8.10. The molecule has 8 rings (SSSR count). The van der Waals surface area contributed by atoms with Gasteiger partial charge >= 0.3 is 0 Å². The van der Waals surface area contributed by atoms with Crippen LogP contribution in [0.15, 0.2) is 84.9 Å². The fraction of sp³-hybridized carbons (Fsp3) is 0. The van der Waals surface area contributed by atoms with Gasteiger partial charge in [-0.25, -0.2) is 0 Å². The second-order valence-electron chi connectivity index (χ2n) is 8.21. The van der Waals surface area contributed by atoms with Gasteiger partial charge in [-0.1, -0.05) is 66.7 Å². The van der Waals surface area contributed by atoms with Gasteiger partial charge in [0.25, 0.3) is 0 Å². The van der Waals surface area contributed by atoms with Gasteiger partial charge in [0, 0.05) is 41.8 Å². The molecule has 0 fully saturated rings. The Bertz CT molecular complexity index is 1850. The van der Waals surface area contributed by atoms with Gasteiger partial charge in [-0.2, -0.15) is 0 Å². The smallest absolute Gasteiger partial charge is 0.0545 e. The molecular weight excluding hydrogens is 382 g/mol. The summed E-state index contributed by atoms with van der Waals surface area (Å²) in [5.74, 6) is 0. The maximum absolute atomic E-state index is 3.77. The van der Waals surface area contributed by atoms with Crippen LogP contribution in [0.4, 0.5) is 0 Å². The molecule has 0 saturated heterocycles. The molecule has 138 valence electrons. The summed E-state index contributed by atoms with van der Waals surface area (Å²) < 4.78 is 2.74. The molecule has 0 amide bonds. The first-order valence-electron chi connectivity index (χ1n) is 10.3. The van der Waals surface area contributed by atoms with Crippen molar-refractivity contribution in [3.63, 3.8) is 0 Å². The summed E-state index contributed by atoms with van der Waals surface area (Å²) in [6.07, 6.45) is 0. The van der Waals surface area contributed by atoms with Crippen LogP contribution in [0.1, 0.15) is 0 Å². The average molecular weight is 398 g/mol. The summed E-state index contributed by atoms with van der Waals surface area (Å²) in [7, 11) is 0. The number of H-pyrrole nitrogens is 1. The lowest BCUT2D eigenvalue weighted by atomic mass is 9.99. The molecule has 1 nitrogen and oxygen atoms in total. The lowest BCUT2D eigenvalue weighted by Crippen LogP contribution is -1.78. The molecule has 7 aromatic rings. The number of benzene rings is 5. The van der Waals surface area contributed by atoms with Gasteiger partial charge in [0.1, 0.15) is 0 Å². The molecule has 1 N–H and O–H groups in total. The molecule has 0 aliphatic heterocycles. The van der Waals surface area contributed by atoms with Crippen LogP contribution in [-0.4, -0.2) is 4.98 Å². The van der Waals surface area contributed by atoms with Crippen LogP contribution in [0.5, 0.6) is 0 Å². The van der Waals surface area contributed by atoms with E-state index in [2.05, 4.69) is 89.9 Å². The molecule has 2 aromatic heterocycles. The first-order valence-corrected chi connectivity index (χ1v) is 11.1. The van der Waals surface area contributed by atoms with E-state index >= 15 is 0 Å². The van der Waals surface area contributed by atoms with E-state index in [-0.39, 0.29) is 0 Å². The fourth-order valence-corrected chi connectivity index (χ4v) is 6.77. The van der Waals surface area contributed by atoms with E-state index in [9.17, 15) is 0 Å². The zero-order valence-corrected chi connectivity index (χ0v) is 16.8. The molecule has 0 atom stereocenters. The van der Waals surface area contributed by atoms with Crippen molar-refractivity contribution in [3.8, 4) is 22.3 Å². The van der Waals surface area contributed by atoms with Crippen molar-refractivity contribution in [1.29, 1.82) is 0 Å². The molecule has 0 spiro atoms. The Labute approximate surface area is 176 Å². The molecule has 30 heavy (non-hydrogen) atoms. The standard InChI is InChI=1S/C28H15NS/c1-2-7-16-15(6-1)18-9-5-10-20-25(18)21(16)14-22-26-23(29-27(20)22)13-12-19-17-8-3-4-11-24(17)30-28(19)26/h1-14,29H. The Kier molecular flexibility index (Phi) is 2.59. The van der Waals surface area contributed by atoms with E-state index in [4.69, 9.17) is 0 Å². The minimum atomic E-state index is 1.22. The van der Waals surface area contributed by atoms with Crippen LogP contribution < -0.4 is 0 Å². The van der Waals surface area contributed by atoms with Crippen LogP contribution in [0.3, 0.4) is 0 Å². The monoisotopic (exact) mass is 397 g/mol. The Morgan fingerprint density at radius 3 is 2.23 bits per heavy atom. The normalized spacial score (nSPS) is 12.7. The number of rotatable bonds is 0. The van der Waals surface area contributed by atoms with E-state index < -0.39 is 0 Å². The lowest BCUT2D eigenvalue weighted by molar-refractivity contribution is 1.57. The van der Waals surface area contributed by atoms with Crippen molar-refractivity contribution >= 4 is 64.1 Å². The summed E-state index contributed by atoms with van der Waals surface area (Å²) in [6.45, 7) is 0. The van der Waals surface area contributed by atoms with Crippen LogP contribution in [0, 0.1) is 0 Å². The van der Waals surface area contributed by atoms with Crippen molar-refractivity contribution in [2.24, 2.45) is 0 Å². The van der Waals surface area contributed by atoms with Crippen molar-refractivity contribution in [1.82, 2.24) is 4.98 Å². The summed E-state index contributed by atoms with van der Waals surface area (Å²) in [4.78, 5) is 3.77. The largest absolute Gasteiger partial charge is 0.354 e. The van der Waals surface area contributed by atoms with E-state index in [0.29, 0.717) is 0 Å². The Morgan fingerprint density at radius 2 is 1.30 bits per heavy atom. The van der Waals surface area contributed by atoms with Crippen molar-refractivity contribution in [3.05, 3.63) is 84.9 Å². The zero-order valence-electron chi connectivity index (χ0n) is 16.0. The second kappa shape index (κ2) is 5.10. The third kappa shape index (κ3) is 1.67. The zero-order chi connectivity index (χ0) is 19.4. The number of nitrogens with one attached hydrogen (secondary N) is 1. The van der Waals surface area contributed by atoms with Crippen LogP contribution in [-0.2, 0) is 0 Å². The maximum Gasteiger partial charge on any atom is 0.0545 e. The summed E-state index contributed by atoms with van der Waals surface area (Å²) in [6, 6.07) is 31.3. The van der Waals surface area contributed by atoms with E-state index in [1.54, 1.807) is 0 Å². The van der Waals surface area contributed by atoms with Gasteiger partial charge < -0.3 is 4.98 Å². The lowest BCUT2D eigenvalue weighted by Gasteiger charge is -2.04. The van der Waals surface area contributed by atoms with Gasteiger partial charge in [-0.3, -0.25) is 0 Å². The molecule has 0 saturated carbocycles. The van der Waals surface area contributed by atoms with E-state index in [1.165, 1.54) is 75.0 Å². The quantitative estimate of drug-likeness (QED) is 0.264. The van der Waals surface area contributed by atoms with Crippen molar-refractivity contribution in [2.75, 3.05) is 0 Å². The molecule has 1 aliphatic rings. The van der Waals surface area contributed by atoms with E-state index in [0.717, 1.165) is 0 Å². The predicted octanol–water partition coefficient (Wildman–Crippen LogP) is 8.49. The first kappa shape index (κ1) is 15.3. The maximum atomic E-state index is 3.77. The predicted molar refractivity (Wildman–Crippen MR) is 131 cm³/mol. The molecule has 0 radical (unpaired) electrons. The highest BCUT2D eigenvalue weighted by Crippen LogP contribution is 2.51. The van der Waals surface area contributed by atoms with Gasteiger partial charge in [-0.15, -0.1) is 11.3 Å². The fourth-order valence-electron chi connectivity index (χ4n) is 5.50. The Balaban J connectivity index is 1.65. The summed E-state index contributed by atoms with van der Waals surface area (Å²) in [5.41, 5.74) is 7.89. The van der Waals surface area contributed by atoms with E-state index in [1.807, 2.05) is 11.3 Å². The molecular formula is C28H15NS. The molecule has 2 heterocycles. The number of hydrogen-bond donors (Lipinski definition) is 1. The highest BCUT2D eigenvalue weighted by Gasteiger charge is 2.24. The minimum Gasteiger partial charge on any atom is -0.354 e. The third-order valence-corrected chi connectivity index (χ3v) is 7.95. The minimum absolute atomic E-state index is 1.22. The van der Waals surface area contributed by atoms with Gasteiger partial charge in [0.05, 0.1) is 5.52 Å². The summed E-state index contributed by atoms with van der Waals surface area (Å²) >= 11 is 1.91. The topological polar surface area (TPSA) is 15.8 Å². The molecule has 0 unspecified atom stereocenters. The second-order valence-corrected chi connectivity index (χ2v) is 9.26. The van der Waals surface area contributed by atoms with Crippen LogP contribution in [0.25, 0.3) is 75.0 Å². The van der Waals surface area contributed by atoms with Crippen molar-refractivity contribution in [2.45, 2.75) is 0 Å². The first-order chi connectivity index (χ1) is 14.9. The molecule has 5 aromatic carbocycles. The van der Waals surface area contributed by atoms with Gasteiger partial charge in [0.2, 0.25) is 0 Å². The SMILES string of the molecule is c1ccc2c(c1)-c1cccc3c1c-2cc1c3[nH]c2ccc3c4ccccc4sc3c21. The third-order valence-electron chi connectivity index (χ3n) is 6.74. The number of aromatic nitrogens is 1. The molecule has 0 bridgehead atoms. The Morgan fingerprint density at radius 1 is 0.533 bits per heavy atom. The number of aromatic amines is 1. The number of hydrogen-bond acceptors (Lipinski definition) is 1. The molecule has 2 heteroatoms. The number of fused-ring (bicyclic) bond motifs is 11. The van der Waals surface area contributed by atoms with Gasteiger partial charge in [0.15, 0.2) is 0 Å². The van der Waals surface area contributed by atoms with Crippen LogP contribution in [0.2, 0.25) is 0 Å².